The summed E-state index contributed by atoms with van der Waals surface area (Å²) in [6.45, 7) is 7.88. The highest BCUT2D eigenvalue weighted by Crippen LogP contribution is 2.19. The minimum atomic E-state index is 0.156. The number of piperidine rings is 1. The van der Waals surface area contributed by atoms with Gasteiger partial charge in [0.05, 0.1) is 0 Å². The smallest absolute Gasteiger partial charge is 0.0424 e. The maximum absolute atomic E-state index is 6.29. The largest absolute Gasteiger partial charge is 0.323 e. The molecule has 0 saturated carbocycles. The number of aryl methyl sites for hydroxylation is 1. The molecular weight excluding hydrogens is 208 g/mol. The highest BCUT2D eigenvalue weighted by atomic mass is 15.1. The molecule has 0 aliphatic carbocycles. The molecule has 0 spiro atoms. The van der Waals surface area contributed by atoms with Crippen LogP contribution in [-0.4, -0.2) is 24.5 Å². The number of hydrogen-bond acceptors (Lipinski definition) is 2. The zero-order valence-electron chi connectivity index (χ0n) is 11.0. The van der Waals surface area contributed by atoms with Gasteiger partial charge in [-0.15, -0.1) is 0 Å². The topological polar surface area (TPSA) is 29.3 Å². The van der Waals surface area contributed by atoms with Crippen LogP contribution in [0.15, 0.2) is 24.3 Å². The van der Waals surface area contributed by atoms with Crippen LogP contribution in [0.25, 0.3) is 0 Å². The molecule has 1 aliphatic rings. The van der Waals surface area contributed by atoms with Crippen molar-refractivity contribution in [3.8, 4) is 0 Å². The van der Waals surface area contributed by atoms with Crippen LogP contribution in [0, 0.1) is 12.8 Å². The van der Waals surface area contributed by atoms with Gasteiger partial charge < -0.3 is 10.6 Å². The Morgan fingerprint density at radius 2 is 2.06 bits per heavy atom. The molecular formula is C15H24N2. The molecule has 2 rings (SSSR count). The number of rotatable bonds is 3. The van der Waals surface area contributed by atoms with Crippen LogP contribution >= 0.6 is 0 Å². The molecule has 2 nitrogen and oxygen atoms in total. The van der Waals surface area contributed by atoms with Crippen LogP contribution in [0.2, 0.25) is 0 Å². The van der Waals surface area contributed by atoms with Crippen LogP contribution in [0.1, 0.15) is 36.9 Å². The van der Waals surface area contributed by atoms with E-state index in [9.17, 15) is 0 Å². The van der Waals surface area contributed by atoms with Gasteiger partial charge in [0.25, 0.3) is 0 Å². The molecule has 1 aromatic carbocycles. The standard InChI is InChI=1S/C15H24N2/c1-12-6-8-17(9-7-12)11-15(16)14-5-3-4-13(2)10-14/h3-5,10,12,15H,6-9,11,16H2,1-2H3. The first-order chi connectivity index (χ1) is 8.15. The van der Waals surface area contributed by atoms with E-state index in [-0.39, 0.29) is 6.04 Å². The Balaban J connectivity index is 1.90. The fraction of sp³-hybridized carbons (Fsp3) is 0.600. The predicted molar refractivity (Wildman–Crippen MR) is 72.9 cm³/mol. The quantitative estimate of drug-likeness (QED) is 0.868. The van der Waals surface area contributed by atoms with Gasteiger partial charge in [0.1, 0.15) is 0 Å². The maximum atomic E-state index is 6.29. The number of likely N-dealkylation sites (tertiary alicyclic amines) is 1. The van der Waals surface area contributed by atoms with Crippen molar-refractivity contribution >= 4 is 0 Å². The average Bonchev–Trinajstić information content (AvgIpc) is 2.32. The Labute approximate surface area is 105 Å². The predicted octanol–water partition coefficient (Wildman–Crippen LogP) is 2.73. The molecule has 2 N–H and O–H groups in total. The minimum Gasteiger partial charge on any atom is -0.323 e. The van der Waals surface area contributed by atoms with Crippen LogP contribution in [0.4, 0.5) is 0 Å². The monoisotopic (exact) mass is 232 g/mol. The zero-order valence-corrected chi connectivity index (χ0v) is 11.0. The molecule has 1 aliphatic heterocycles. The van der Waals surface area contributed by atoms with Crippen molar-refractivity contribution in [1.29, 1.82) is 0 Å². The van der Waals surface area contributed by atoms with Gasteiger partial charge in [-0.1, -0.05) is 36.8 Å². The lowest BCUT2D eigenvalue weighted by molar-refractivity contribution is 0.183. The van der Waals surface area contributed by atoms with Crippen molar-refractivity contribution in [2.75, 3.05) is 19.6 Å². The third-order valence-electron chi connectivity index (χ3n) is 3.80. The molecule has 17 heavy (non-hydrogen) atoms. The summed E-state index contributed by atoms with van der Waals surface area (Å²) >= 11 is 0. The van der Waals surface area contributed by atoms with Crippen molar-refractivity contribution in [2.45, 2.75) is 32.7 Å². The van der Waals surface area contributed by atoms with Gasteiger partial charge in [0, 0.05) is 12.6 Å². The second-order valence-corrected chi connectivity index (χ2v) is 5.50. The first-order valence-electron chi connectivity index (χ1n) is 6.69. The van der Waals surface area contributed by atoms with Crippen molar-refractivity contribution in [1.82, 2.24) is 4.90 Å². The lowest BCUT2D eigenvalue weighted by Gasteiger charge is -2.32. The minimum absolute atomic E-state index is 0.156. The Kier molecular flexibility index (Phi) is 4.19. The molecule has 1 saturated heterocycles. The van der Waals surface area contributed by atoms with E-state index in [2.05, 4.69) is 43.0 Å². The molecule has 1 atom stereocenters. The van der Waals surface area contributed by atoms with Crippen molar-refractivity contribution < 1.29 is 0 Å². The van der Waals surface area contributed by atoms with E-state index < -0.39 is 0 Å². The molecule has 0 amide bonds. The van der Waals surface area contributed by atoms with E-state index in [1.54, 1.807) is 0 Å². The van der Waals surface area contributed by atoms with Gasteiger partial charge in [0.15, 0.2) is 0 Å². The van der Waals surface area contributed by atoms with E-state index >= 15 is 0 Å². The Bertz CT molecular complexity index is 354. The molecule has 94 valence electrons. The summed E-state index contributed by atoms with van der Waals surface area (Å²) in [7, 11) is 0. The first-order valence-corrected chi connectivity index (χ1v) is 6.69. The van der Waals surface area contributed by atoms with Crippen molar-refractivity contribution in [3.63, 3.8) is 0 Å². The highest BCUT2D eigenvalue weighted by molar-refractivity contribution is 5.25. The molecule has 0 radical (unpaired) electrons. The second kappa shape index (κ2) is 5.65. The molecule has 1 fully saturated rings. The number of benzene rings is 1. The molecule has 1 unspecified atom stereocenters. The van der Waals surface area contributed by atoms with Gasteiger partial charge in [-0.2, -0.15) is 0 Å². The van der Waals surface area contributed by atoms with E-state index in [1.165, 1.54) is 37.1 Å². The summed E-state index contributed by atoms with van der Waals surface area (Å²) in [4.78, 5) is 2.51. The summed E-state index contributed by atoms with van der Waals surface area (Å²) in [6, 6.07) is 8.73. The maximum Gasteiger partial charge on any atom is 0.0424 e. The van der Waals surface area contributed by atoms with E-state index in [1.807, 2.05) is 0 Å². The van der Waals surface area contributed by atoms with E-state index in [0.29, 0.717) is 0 Å². The third kappa shape index (κ3) is 3.55. The van der Waals surface area contributed by atoms with Gasteiger partial charge in [-0.3, -0.25) is 0 Å². The zero-order chi connectivity index (χ0) is 12.3. The van der Waals surface area contributed by atoms with E-state index in [4.69, 9.17) is 5.73 Å². The van der Waals surface area contributed by atoms with E-state index in [0.717, 1.165) is 12.5 Å². The van der Waals surface area contributed by atoms with Gasteiger partial charge in [0.2, 0.25) is 0 Å². The molecule has 0 bridgehead atoms. The fourth-order valence-corrected chi connectivity index (χ4v) is 2.53. The highest BCUT2D eigenvalue weighted by Gasteiger charge is 2.18. The van der Waals surface area contributed by atoms with Crippen LogP contribution in [0.3, 0.4) is 0 Å². The lowest BCUT2D eigenvalue weighted by Crippen LogP contribution is -2.38. The summed E-state index contributed by atoms with van der Waals surface area (Å²) in [6.07, 6.45) is 2.64. The number of nitrogens with zero attached hydrogens (tertiary/aromatic N) is 1. The average molecular weight is 232 g/mol. The number of nitrogens with two attached hydrogens (primary N) is 1. The lowest BCUT2D eigenvalue weighted by atomic mass is 9.98. The van der Waals surface area contributed by atoms with Crippen LogP contribution in [0.5, 0.6) is 0 Å². The summed E-state index contributed by atoms with van der Waals surface area (Å²) in [5.41, 5.74) is 8.85. The third-order valence-corrected chi connectivity index (χ3v) is 3.80. The Morgan fingerprint density at radius 1 is 1.35 bits per heavy atom. The first kappa shape index (κ1) is 12.6. The molecule has 1 heterocycles. The SMILES string of the molecule is Cc1cccc(C(N)CN2CCC(C)CC2)c1. The summed E-state index contributed by atoms with van der Waals surface area (Å²) < 4.78 is 0. The Hall–Kier alpha value is -0.860. The molecule has 1 aromatic rings. The van der Waals surface area contributed by atoms with Crippen molar-refractivity contribution in [3.05, 3.63) is 35.4 Å². The molecule has 2 heteroatoms. The van der Waals surface area contributed by atoms with Gasteiger partial charge >= 0.3 is 0 Å². The van der Waals surface area contributed by atoms with Crippen LogP contribution < -0.4 is 5.73 Å². The van der Waals surface area contributed by atoms with Crippen molar-refractivity contribution in [2.24, 2.45) is 11.7 Å². The van der Waals surface area contributed by atoms with Gasteiger partial charge in [-0.05, 0) is 44.3 Å². The Morgan fingerprint density at radius 3 is 2.71 bits per heavy atom. The summed E-state index contributed by atoms with van der Waals surface area (Å²) in [5, 5.41) is 0. The normalized spacial score (nSPS) is 20.4. The number of hydrogen-bond donors (Lipinski definition) is 1. The van der Waals surface area contributed by atoms with Crippen LogP contribution in [-0.2, 0) is 0 Å². The second-order valence-electron chi connectivity index (χ2n) is 5.50. The molecule has 0 aromatic heterocycles. The summed E-state index contributed by atoms with van der Waals surface area (Å²) in [5.74, 6) is 0.890. The van der Waals surface area contributed by atoms with Gasteiger partial charge in [-0.25, -0.2) is 0 Å². The fourth-order valence-electron chi connectivity index (χ4n) is 2.53.